The summed E-state index contributed by atoms with van der Waals surface area (Å²) in [5, 5.41) is 28.5. The lowest BCUT2D eigenvalue weighted by atomic mass is 10.1. The van der Waals surface area contributed by atoms with E-state index in [0.29, 0.717) is 11.8 Å². The molecule has 0 aliphatic carbocycles. The Morgan fingerprint density at radius 2 is 2.12 bits per heavy atom. The van der Waals surface area contributed by atoms with Crippen molar-refractivity contribution in [3.63, 3.8) is 0 Å². The molecule has 0 aliphatic rings. The summed E-state index contributed by atoms with van der Waals surface area (Å²) in [6.45, 7) is 0. The average Bonchev–Trinajstić information content (AvgIpc) is 2.28. The van der Waals surface area contributed by atoms with E-state index >= 15 is 0 Å². The van der Waals surface area contributed by atoms with Gasteiger partial charge in [0.2, 0.25) is 0 Å². The minimum Gasteiger partial charge on any atom is -0.477 e. The molecular formula is C10H12BrNO4. The number of alkyl halides is 1. The summed E-state index contributed by atoms with van der Waals surface area (Å²) in [6.07, 6.45) is -1.77. The molecule has 0 radical (unpaired) electrons. The van der Waals surface area contributed by atoms with Crippen molar-refractivity contribution < 1.29 is 20.1 Å². The van der Waals surface area contributed by atoms with Crippen molar-refractivity contribution in [2.45, 2.75) is 18.6 Å². The molecule has 0 fully saturated rings. The van der Waals surface area contributed by atoms with Gasteiger partial charge < -0.3 is 15.3 Å². The van der Waals surface area contributed by atoms with Crippen LogP contribution in [0, 0.1) is 0 Å². The fourth-order valence-corrected chi connectivity index (χ4v) is 1.67. The molecule has 1 heterocycles. The second kappa shape index (κ2) is 5.93. The van der Waals surface area contributed by atoms with Gasteiger partial charge in [-0.2, -0.15) is 0 Å². The molecule has 0 spiro atoms. The first-order chi connectivity index (χ1) is 7.56. The van der Waals surface area contributed by atoms with Crippen LogP contribution in [0.1, 0.15) is 28.7 Å². The quantitative estimate of drug-likeness (QED) is 0.703. The topological polar surface area (TPSA) is 90.7 Å². The van der Waals surface area contributed by atoms with Crippen molar-refractivity contribution in [2.75, 3.05) is 5.33 Å². The molecule has 0 saturated carbocycles. The highest BCUT2D eigenvalue weighted by molar-refractivity contribution is 9.09. The van der Waals surface area contributed by atoms with E-state index < -0.39 is 18.2 Å². The summed E-state index contributed by atoms with van der Waals surface area (Å²) in [7, 11) is 0. The maximum absolute atomic E-state index is 10.7. The second-order valence-corrected chi connectivity index (χ2v) is 4.04. The smallest absolute Gasteiger partial charge is 0.354 e. The largest absolute Gasteiger partial charge is 0.477 e. The molecule has 0 amide bonds. The van der Waals surface area contributed by atoms with Crippen LogP contribution in [0.2, 0.25) is 0 Å². The zero-order valence-electron chi connectivity index (χ0n) is 8.38. The van der Waals surface area contributed by atoms with Gasteiger partial charge in [-0.3, -0.25) is 0 Å². The lowest BCUT2D eigenvalue weighted by Crippen LogP contribution is -2.20. The minimum atomic E-state index is -1.17. The third-order valence-corrected chi connectivity index (χ3v) is 2.52. The Kier molecular flexibility index (Phi) is 4.85. The fourth-order valence-electron chi connectivity index (χ4n) is 1.20. The monoisotopic (exact) mass is 289 g/mol. The number of halogens is 1. The van der Waals surface area contributed by atoms with Gasteiger partial charge in [-0.15, -0.1) is 0 Å². The number of carbonyl (C=O) groups is 1. The number of nitrogens with zero attached hydrogens (tertiary/aromatic N) is 1. The number of hydrogen-bond acceptors (Lipinski definition) is 4. The summed E-state index contributed by atoms with van der Waals surface area (Å²) in [6, 6.07) is 4.29. The van der Waals surface area contributed by atoms with Crippen molar-refractivity contribution in [3.8, 4) is 0 Å². The highest BCUT2D eigenvalue weighted by atomic mass is 79.9. The van der Waals surface area contributed by atoms with Crippen LogP contribution in [0.15, 0.2) is 18.2 Å². The molecule has 5 nitrogen and oxygen atoms in total. The molecule has 0 aliphatic heterocycles. The third kappa shape index (κ3) is 3.26. The fraction of sp³-hybridized carbons (Fsp3) is 0.400. The van der Waals surface area contributed by atoms with Crippen LogP contribution in [0.4, 0.5) is 0 Å². The number of aromatic nitrogens is 1. The van der Waals surface area contributed by atoms with Gasteiger partial charge in [-0.1, -0.05) is 22.0 Å². The van der Waals surface area contributed by atoms with Crippen molar-refractivity contribution >= 4 is 21.9 Å². The molecule has 16 heavy (non-hydrogen) atoms. The molecule has 1 rings (SSSR count). The second-order valence-electron chi connectivity index (χ2n) is 3.24. The van der Waals surface area contributed by atoms with Crippen molar-refractivity contribution in [3.05, 3.63) is 29.6 Å². The van der Waals surface area contributed by atoms with Crippen LogP contribution in [0.5, 0.6) is 0 Å². The molecule has 0 saturated heterocycles. The van der Waals surface area contributed by atoms with E-state index in [2.05, 4.69) is 20.9 Å². The van der Waals surface area contributed by atoms with Crippen molar-refractivity contribution in [2.24, 2.45) is 0 Å². The maximum atomic E-state index is 10.7. The highest BCUT2D eigenvalue weighted by Crippen LogP contribution is 2.17. The molecule has 2 atom stereocenters. The van der Waals surface area contributed by atoms with Crippen molar-refractivity contribution in [1.82, 2.24) is 4.98 Å². The van der Waals surface area contributed by atoms with Gasteiger partial charge in [0.05, 0.1) is 11.8 Å². The van der Waals surface area contributed by atoms with E-state index in [0.717, 1.165) is 0 Å². The van der Waals surface area contributed by atoms with Crippen LogP contribution in [0.3, 0.4) is 0 Å². The van der Waals surface area contributed by atoms with Crippen LogP contribution >= 0.6 is 15.9 Å². The predicted molar refractivity (Wildman–Crippen MR) is 60.6 cm³/mol. The molecule has 0 bridgehead atoms. The first-order valence-corrected chi connectivity index (χ1v) is 5.80. The summed E-state index contributed by atoms with van der Waals surface area (Å²) in [4.78, 5) is 14.4. The molecule has 0 aromatic carbocycles. The van der Waals surface area contributed by atoms with Gasteiger partial charge in [0.25, 0.3) is 0 Å². The Balaban J connectivity index is 2.86. The molecule has 6 heteroatoms. The zero-order valence-corrected chi connectivity index (χ0v) is 9.96. The molecule has 1 aromatic rings. The number of aliphatic hydroxyl groups is 2. The van der Waals surface area contributed by atoms with E-state index in [1.807, 2.05) is 0 Å². The molecule has 2 unspecified atom stereocenters. The van der Waals surface area contributed by atoms with Gasteiger partial charge in [0.1, 0.15) is 11.8 Å². The van der Waals surface area contributed by atoms with E-state index in [9.17, 15) is 15.0 Å². The Bertz CT molecular complexity index is 372. The summed E-state index contributed by atoms with van der Waals surface area (Å²) in [5.41, 5.74) is 0.0101. The van der Waals surface area contributed by atoms with E-state index in [4.69, 9.17) is 5.11 Å². The van der Waals surface area contributed by atoms with Crippen LogP contribution < -0.4 is 0 Å². The van der Waals surface area contributed by atoms with Gasteiger partial charge in [0, 0.05) is 5.33 Å². The lowest BCUT2D eigenvalue weighted by Gasteiger charge is -2.16. The number of carboxylic acid groups (broad SMARTS) is 1. The molecule has 1 aromatic heterocycles. The maximum Gasteiger partial charge on any atom is 0.354 e. The summed E-state index contributed by atoms with van der Waals surface area (Å²) < 4.78 is 0. The Morgan fingerprint density at radius 3 is 2.69 bits per heavy atom. The predicted octanol–water partition coefficient (Wildman–Crippen LogP) is 0.959. The first kappa shape index (κ1) is 13.1. The van der Waals surface area contributed by atoms with Crippen LogP contribution in [-0.4, -0.2) is 37.7 Å². The SMILES string of the molecule is O=C(O)c1cccc(C(O)C(O)CCBr)n1. The number of aliphatic hydroxyl groups excluding tert-OH is 2. The molecular weight excluding hydrogens is 278 g/mol. The normalized spacial score (nSPS) is 14.4. The average molecular weight is 290 g/mol. The molecule has 88 valence electrons. The summed E-state index contributed by atoms with van der Waals surface area (Å²) >= 11 is 3.14. The van der Waals surface area contributed by atoms with Crippen molar-refractivity contribution in [1.29, 1.82) is 0 Å². The molecule has 3 N–H and O–H groups in total. The van der Waals surface area contributed by atoms with Crippen LogP contribution in [0.25, 0.3) is 0 Å². The number of hydrogen-bond donors (Lipinski definition) is 3. The third-order valence-electron chi connectivity index (χ3n) is 2.06. The number of aromatic carboxylic acids is 1. The zero-order chi connectivity index (χ0) is 12.1. The Labute approximate surface area is 101 Å². The number of pyridine rings is 1. The standard InChI is InChI=1S/C10H12BrNO4/c11-5-4-8(13)9(14)6-2-1-3-7(12-6)10(15)16/h1-3,8-9,13-14H,4-5H2,(H,15,16). The van der Waals surface area contributed by atoms with Gasteiger partial charge in [-0.05, 0) is 18.6 Å². The van der Waals surface area contributed by atoms with Gasteiger partial charge in [0.15, 0.2) is 0 Å². The van der Waals surface area contributed by atoms with Gasteiger partial charge >= 0.3 is 5.97 Å². The van der Waals surface area contributed by atoms with E-state index in [1.165, 1.54) is 18.2 Å². The highest BCUT2D eigenvalue weighted by Gasteiger charge is 2.19. The number of carboxylic acids is 1. The first-order valence-electron chi connectivity index (χ1n) is 4.68. The van der Waals surface area contributed by atoms with E-state index in [-0.39, 0.29) is 11.4 Å². The Hall–Kier alpha value is -0.980. The van der Waals surface area contributed by atoms with Gasteiger partial charge in [-0.25, -0.2) is 9.78 Å². The lowest BCUT2D eigenvalue weighted by molar-refractivity contribution is 0.0146. The summed E-state index contributed by atoms with van der Waals surface area (Å²) in [5.74, 6) is -1.16. The van der Waals surface area contributed by atoms with Crippen LogP contribution in [-0.2, 0) is 0 Å². The van der Waals surface area contributed by atoms with E-state index in [1.54, 1.807) is 0 Å². The Morgan fingerprint density at radius 1 is 1.44 bits per heavy atom. The minimum absolute atomic E-state index is 0.150. The number of rotatable bonds is 5.